The second-order valence-electron chi connectivity index (χ2n) is 11.8. The quantitative estimate of drug-likeness (QED) is 0.196. The summed E-state index contributed by atoms with van der Waals surface area (Å²) in [5.41, 5.74) is 14.6. The summed E-state index contributed by atoms with van der Waals surface area (Å²) >= 11 is 0. The Kier molecular flexibility index (Phi) is 11.3. The van der Waals surface area contributed by atoms with Crippen molar-refractivity contribution in [1.29, 1.82) is 0 Å². The van der Waals surface area contributed by atoms with Gasteiger partial charge in [0.25, 0.3) is 0 Å². The van der Waals surface area contributed by atoms with Crippen LogP contribution in [-0.4, -0.2) is 41.2 Å². The maximum Gasteiger partial charge on any atom is 2.00 e. The Bertz CT molecular complexity index is 1960. The Balaban J connectivity index is 0.00000500. The van der Waals surface area contributed by atoms with Gasteiger partial charge >= 0.3 is 29.0 Å². The number of rotatable bonds is 9. The zero-order chi connectivity index (χ0) is 33.3. The van der Waals surface area contributed by atoms with E-state index in [9.17, 15) is 14.7 Å². The number of hydrogen-bond donors (Lipinski definition) is 1. The molecule has 3 aromatic rings. The van der Waals surface area contributed by atoms with E-state index >= 15 is 0 Å². The van der Waals surface area contributed by atoms with Crippen molar-refractivity contribution in [3.8, 4) is 0 Å². The molecule has 0 aromatic carbocycles. The van der Waals surface area contributed by atoms with Crippen molar-refractivity contribution in [1.82, 2.24) is 19.9 Å². The van der Waals surface area contributed by atoms with Crippen LogP contribution in [0.3, 0.4) is 0 Å². The van der Waals surface area contributed by atoms with E-state index < -0.39 is 0 Å². The van der Waals surface area contributed by atoms with Crippen molar-refractivity contribution in [2.24, 2.45) is 0 Å². The summed E-state index contributed by atoms with van der Waals surface area (Å²) < 4.78 is 9.90. The molecule has 0 atom stereocenters. The first-order chi connectivity index (χ1) is 22.1. The number of hydrogen-bond acceptors (Lipinski definition) is 7. The Morgan fingerprint density at radius 1 is 0.702 bits per heavy atom. The summed E-state index contributed by atoms with van der Waals surface area (Å²) in [6.07, 6.45) is 2.80. The Morgan fingerprint density at radius 3 is 1.91 bits per heavy atom. The molecule has 1 radical (unpaired) electrons. The van der Waals surface area contributed by atoms with E-state index in [0.717, 1.165) is 79.8 Å². The summed E-state index contributed by atoms with van der Waals surface area (Å²) in [7, 11) is 2.77. The minimum atomic E-state index is -0.319. The van der Waals surface area contributed by atoms with Crippen LogP contribution in [0.5, 0.6) is 0 Å². The number of aromatic nitrogens is 4. The number of nitrogens with zero attached hydrogens (tertiary/aromatic N) is 4. The number of aliphatic hydroxyl groups is 1. The van der Waals surface area contributed by atoms with E-state index in [1.165, 1.54) is 14.2 Å². The van der Waals surface area contributed by atoms with E-state index in [1.807, 2.05) is 39.0 Å². The molecule has 0 unspecified atom stereocenters. The SMILES string of the molecule is CCC1=C(C)c2cc3[n-]c(c(C)c3CC)c(CO)c3nc(cc4[n-]c(cc1n2)c(C)c4CCC(=O)OC)C(CCC(=O)OC)=C3C.[Cu+2]. The van der Waals surface area contributed by atoms with Crippen molar-refractivity contribution < 1.29 is 41.2 Å². The molecule has 3 aromatic heterocycles. The number of aliphatic hydroxyl groups excluding tert-OH is 1. The smallest absolute Gasteiger partial charge is 0.657 e. The number of carbonyl (C=O) groups excluding carboxylic acids is 2. The number of carbonyl (C=O) groups is 2. The van der Waals surface area contributed by atoms with Gasteiger partial charge in [-0.05, 0) is 81.2 Å². The Labute approximate surface area is 286 Å². The molecule has 0 saturated heterocycles. The van der Waals surface area contributed by atoms with Gasteiger partial charge in [-0.25, -0.2) is 9.97 Å². The predicted octanol–water partition coefficient (Wildman–Crippen LogP) is 6.57. The minimum Gasteiger partial charge on any atom is -0.657 e. The third-order valence-electron chi connectivity index (χ3n) is 9.34. The molecule has 8 bridgehead atoms. The topological polar surface area (TPSA) is 127 Å². The van der Waals surface area contributed by atoms with E-state index in [2.05, 4.69) is 20.8 Å². The number of fused-ring (bicyclic) bond motifs is 8. The number of aryl methyl sites for hydroxylation is 4. The average molecular weight is 686 g/mol. The van der Waals surface area contributed by atoms with Gasteiger partial charge in [0.15, 0.2) is 0 Å². The summed E-state index contributed by atoms with van der Waals surface area (Å²) in [5, 5.41) is 10.8. The van der Waals surface area contributed by atoms with Crippen LogP contribution >= 0.6 is 0 Å². The molecule has 9 nitrogen and oxygen atoms in total. The molecule has 0 aliphatic carbocycles. The van der Waals surface area contributed by atoms with Crippen LogP contribution in [0.2, 0.25) is 0 Å². The van der Waals surface area contributed by atoms with Crippen molar-refractivity contribution in [3.05, 3.63) is 68.8 Å². The van der Waals surface area contributed by atoms with Crippen molar-refractivity contribution in [2.75, 3.05) is 14.2 Å². The molecule has 5 rings (SSSR count). The molecule has 47 heavy (non-hydrogen) atoms. The van der Waals surface area contributed by atoms with Gasteiger partial charge in [0.2, 0.25) is 0 Å². The van der Waals surface area contributed by atoms with Gasteiger partial charge in [-0.3, -0.25) is 9.59 Å². The second kappa shape index (κ2) is 14.8. The number of esters is 2. The first kappa shape index (κ1) is 35.9. The molecule has 2 aliphatic rings. The molecule has 5 heterocycles. The second-order valence-corrected chi connectivity index (χ2v) is 11.8. The molecule has 1 N–H and O–H groups in total. The molecule has 0 amide bonds. The van der Waals surface area contributed by atoms with Gasteiger partial charge < -0.3 is 24.5 Å². The maximum atomic E-state index is 12.2. The van der Waals surface area contributed by atoms with Gasteiger partial charge in [-0.15, -0.1) is 22.1 Å². The van der Waals surface area contributed by atoms with E-state index in [-0.39, 0.29) is 48.5 Å². The minimum absolute atomic E-state index is 0. The first-order valence-corrected chi connectivity index (χ1v) is 15.9. The normalized spacial score (nSPS) is 12.8. The predicted molar refractivity (Wildman–Crippen MR) is 181 cm³/mol. The number of methoxy groups -OCH3 is 2. The molecular weight excluding hydrogens is 644 g/mol. The third-order valence-corrected chi connectivity index (χ3v) is 9.34. The summed E-state index contributed by atoms with van der Waals surface area (Å²) in [6, 6.07) is 6.01. The van der Waals surface area contributed by atoms with Gasteiger partial charge in [0.1, 0.15) is 0 Å². The zero-order valence-electron chi connectivity index (χ0n) is 28.4. The largest absolute Gasteiger partial charge is 2.00 e. The summed E-state index contributed by atoms with van der Waals surface area (Å²) in [4.78, 5) is 44.8. The molecule has 0 fully saturated rings. The number of ether oxygens (including phenoxy) is 2. The van der Waals surface area contributed by atoms with Crippen LogP contribution in [-0.2, 0) is 55.6 Å². The van der Waals surface area contributed by atoms with E-state index in [0.29, 0.717) is 40.8 Å². The maximum absolute atomic E-state index is 12.2. The number of allylic oxidation sites excluding steroid dienone is 4. The van der Waals surface area contributed by atoms with Crippen LogP contribution in [0, 0.1) is 13.8 Å². The zero-order valence-corrected chi connectivity index (χ0v) is 29.3. The van der Waals surface area contributed by atoms with Gasteiger partial charge in [-0.1, -0.05) is 54.3 Å². The standard InChI is InChI=1S/C37H42N4O5.Cu/c1-9-23-19(3)28-16-31-24(10-2)21(5)36(40-31)27(18-42)37-22(6)26(12-14-35(44)46-8)33(41-37)17-32-25(11-13-34(43)45-7)20(4)29(39-32)15-30(23)38-28;/h15-17,42H,9-14,18H2,1-8H3;/q-2;+2. The van der Waals surface area contributed by atoms with Crippen molar-refractivity contribution in [3.63, 3.8) is 0 Å². The molecule has 0 spiro atoms. The first-order valence-electron chi connectivity index (χ1n) is 15.9. The van der Waals surface area contributed by atoms with Gasteiger partial charge in [-0.2, -0.15) is 0 Å². The molecule has 251 valence electrons. The van der Waals surface area contributed by atoms with E-state index in [1.54, 1.807) is 0 Å². The summed E-state index contributed by atoms with van der Waals surface area (Å²) in [5.74, 6) is -0.619. The van der Waals surface area contributed by atoms with Crippen molar-refractivity contribution >= 4 is 56.3 Å². The van der Waals surface area contributed by atoms with Crippen molar-refractivity contribution in [2.45, 2.75) is 86.7 Å². The summed E-state index contributed by atoms with van der Waals surface area (Å²) in [6.45, 7) is 12.1. The monoisotopic (exact) mass is 685 g/mol. The Morgan fingerprint density at radius 2 is 1.30 bits per heavy atom. The van der Waals surface area contributed by atoms with Crippen LogP contribution < -0.4 is 9.97 Å². The average Bonchev–Trinajstić information content (AvgIpc) is 3.72. The van der Waals surface area contributed by atoms with Gasteiger partial charge in [0.05, 0.1) is 43.6 Å². The molecule has 10 heteroatoms. The third kappa shape index (κ3) is 6.73. The molecule has 0 saturated carbocycles. The van der Waals surface area contributed by atoms with Crippen LogP contribution in [0.25, 0.3) is 44.4 Å². The van der Waals surface area contributed by atoms with Crippen LogP contribution in [0.15, 0.2) is 18.2 Å². The van der Waals surface area contributed by atoms with E-state index in [4.69, 9.17) is 29.4 Å². The van der Waals surface area contributed by atoms with Crippen LogP contribution in [0.1, 0.15) is 104 Å². The Hall–Kier alpha value is -3.98. The van der Waals surface area contributed by atoms with Crippen LogP contribution in [0.4, 0.5) is 0 Å². The fourth-order valence-corrected chi connectivity index (χ4v) is 6.65. The molecule has 2 aliphatic heterocycles. The van der Waals surface area contributed by atoms with Gasteiger partial charge in [0, 0.05) is 12.8 Å². The fourth-order valence-electron chi connectivity index (χ4n) is 6.65. The fraction of sp³-hybridized carbons (Fsp3) is 0.405. The molecular formula is C37H42CuN4O5.